The molecule has 0 aromatic carbocycles. The third-order valence-electron chi connectivity index (χ3n) is 2.00. The summed E-state index contributed by atoms with van der Waals surface area (Å²) in [5.74, 6) is -0.0860. The van der Waals surface area contributed by atoms with E-state index in [9.17, 15) is 5.11 Å². The summed E-state index contributed by atoms with van der Waals surface area (Å²) in [5, 5.41) is 11.7. The summed E-state index contributed by atoms with van der Waals surface area (Å²) in [6.45, 7) is 0. The van der Waals surface area contributed by atoms with Gasteiger partial charge < -0.3 is 10.0 Å². The molecule has 0 aliphatic heterocycles. The molecule has 1 heterocycles. The lowest BCUT2D eigenvalue weighted by Crippen LogP contribution is -2.29. The van der Waals surface area contributed by atoms with Crippen LogP contribution in [0.4, 0.5) is 0 Å². The van der Waals surface area contributed by atoms with Gasteiger partial charge in [0.15, 0.2) is 0 Å². The van der Waals surface area contributed by atoms with Gasteiger partial charge in [0.2, 0.25) is 0 Å². The van der Waals surface area contributed by atoms with E-state index in [4.69, 9.17) is 7.85 Å². The highest BCUT2D eigenvalue weighted by molar-refractivity contribution is 7.10. The Labute approximate surface area is 84.6 Å². The summed E-state index contributed by atoms with van der Waals surface area (Å²) >= 11 is 1.56. The Balaban J connectivity index is 2.46. The topological polar surface area (TPSA) is 23.5 Å². The van der Waals surface area contributed by atoms with Gasteiger partial charge in [0.05, 0.1) is 14.0 Å². The zero-order chi connectivity index (χ0) is 9.84. The van der Waals surface area contributed by atoms with Crippen LogP contribution in [-0.2, 0) is 0 Å². The number of thiophene rings is 1. The quantitative estimate of drug-likeness (QED) is 0.730. The van der Waals surface area contributed by atoms with Gasteiger partial charge >= 0.3 is 0 Å². The Bertz CT molecular complexity index is 238. The third kappa shape index (κ3) is 3.14. The molecule has 1 aromatic heterocycles. The lowest BCUT2D eigenvalue weighted by atomic mass is 9.89. The summed E-state index contributed by atoms with van der Waals surface area (Å²) in [4.78, 5) is 2.88. The van der Waals surface area contributed by atoms with E-state index < -0.39 is 6.10 Å². The summed E-state index contributed by atoms with van der Waals surface area (Å²) in [6.07, 6.45) is 0.144. The molecule has 1 aromatic rings. The number of nitrogens with zero attached hydrogens (tertiary/aromatic N) is 1. The van der Waals surface area contributed by atoms with Crippen molar-refractivity contribution in [3.05, 3.63) is 22.4 Å². The molecule has 2 radical (unpaired) electrons. The van der Waals surface area contributed by atoms with E-state index in [1.165, 1.54) is 0 Å². The number of rotatable bonds is 4. The standard InChI is InChI=1S/C9H14BNOS/c1-11(2)9(10)6-7(12)8-4-3-5-13-8/h3-5,7,9,12H,6H2,1-2H3. The molecule has 0 fully saturated rings. The molecule has 0 spiro atoms. The fourth-order valence-corrected chi connectivity index (χ4v) is 1.76. The van der Waals surface area contributed by atoms with Crippen LogP contribution < -0.4 is 0 Å². The molecule has 0 saturated carbocycles. The van der Waals surface area contributed by atoms with Crippen LogP contribution in [0, 0.1) is 0 Å². The zero-order valence-corrected chi connectivity index (χ0v) is 8.79. The fourth-order valence-electron chi connectivity index (χ4n) is 1.04. The van der Waals surface area contributed by atoms with Crippen molar-refractivity contribution < 1.29 is 5.11 Å². The first-order valence-electron chi connectivity index (χ1n) is 4.24. The fraction of sp³-hybridized carbons (Fsp3) is 0.556. The second kappa shape index (κ2) is 4.79. The molecule has 70 valence electrons. The van der Waals surface area contributed by atoms with Crippen LogP contribution in [0.5, 0.6) is 0 Å². The van der Waals surface area contributed by atoms with Gasteiger partial charge in [-0.3, -0.25) is 0 Å². The second-order valence-corrected chi connectivity index (χ2v) is 4.28. The number of aliphatic hydroxyl groups excluding tert-OH is 1. The second-order valence-electron chi connectivity index (χ2n) is 3.30. The largest absolute Gasteiger partial charge is 0.388 e. The summed E-state index contributed by atoms with van der Waals surface area (Å²) in [5.41, 5.74) is 0. The van der Waals surface area contributed by atoms with Crippen LogP contribution in [0.25, 0.3) is 0 Å². The smallest absolute Gasteiger partial charge is 0.0911 e. The van der Waals surface area contributed by atoms with E-state index in [1.54, 1.807) is 11.3 Å². The molecule has 0 aliphatic carbocycles. The van der Waals surface area contributed by atoms with Gasteiger partial charge in [-0.05, 0) is 37.9 Å². The summed E-state index contributed by atoms with van der Waals surface area (Å²) < 4.78 is 0. The van der Waals surface area contributed by atoms with E-state index >= 15 is 0 Å². The molecule has 13 heavy (non-hydrogen) atoms. The first-order valence-corrected chi connectivity index (χ1v) is 5.12. The van der Waals surface area contributed by atoms with Crippen LogP contribution in [0.3, 0.4) is 0 Å². The van der Waals surface area contributed by atoms with Crippen LogP contribution in [0.2, 0.25) is 0 Å². The predicted octanol–water partition coefficient (Wildman–Crippen LogP) is 1.23. The molecule has 2 atom stereocenters. The normalized spacial score (nSPS) is 16.0. The van der Waals surface area contributed by atoms with Crippen LogP contribution in [-0.4, -0.2) is 37.9 Å². The number of hydrogen-bond donors (Lipinski definition) is 1. The average Bonchev–Trinajstić information content (AvgIpc) is 2.55. The molecule has 0 bridgehead atoms. The maximum atomic E-state index is 9.73. The molecule has 1 rings (SSSR count). The maximum absolute atomic E-state index is 9.73. The first kappa shape index (κ1) is 10.8. The number of hydrogen-bond acceptors (Lipinski definition) is 3. The highest BCUT2D eigenvalue weighted by atomic mass is 32.1. The van der Waals surface area contributed by atoms with E-state index in [1.807, 2.05) is 36.5 Å². The molecular formula is C9H14BNOS. The lowest BCUT2D eigenvalue weighted by molar-refractivity contribution is 0.149. The highest BCUT2D eigenvalue weighted by Gasteiger charge is 2.13. The summed E-state index contributed by atoms with van der Waals surface area (Å²) in [7, 11) is 9.61. The minimum absolute atomic E-state index is 0.0860. The van der Waals surface area contributed by atoms with Crippen molar-refractivity contribution in [2.75, 3.05) is 14.1 Å². The Morgan fingerprint density at radius 3 is 2.77 bits per heavy atom. The van der Waals surface area contributed by atoms with E-state index in [2.05, 4.69) is 0 Å². The van der Waals surface area contributed by atoms with Gasteiger partial charge in [0.25, 0.3) is 0 Å². The monoisotopic (exact) mass is 195 g/mol. The Hall–Kier alpha value is -0.315. The Morgan fingerprint density at radius 2 is 2.31 bits per heavy atom. The van der Waals surface area contributed by atoms with Crippen molar-refractivity contribution in [1.82, 2.24) is 4.90 Å². The SMILES string of the molecule is [B]C(CC(O)c1cccs1)N(C)C. The minimum Gasteiger partial charge on any atom is -0.388 e. The maximum Gasteiger partial charge on any atom is 0.0911 e. The predicted molar refractivity (Wildman–Crippen MR) is 57.1 cm³/mol. The van der Waals surface area contributed by atoms with E-state index in [0.29, 0.717) is 6.42 Å². The first-order chi connectivity index (χ1) is 6.11. The molecule has 1 N–H and O–H groups in total. The Kier molecular flexibility index (Phi) is 3.97. The minimum atomic E-state index is -0.433. The van der Waals surface area contributed by atoms with E-state index in [0.717, 1.165) is 4.88 Å². The van der Waals surface area contributed by atoms with Crippen molar-refractivity contribution in [2.24, 2.45) is 0 Å². The molecule has 4 heteroatoms. The van der Waals surface area contributed by atoms with E-state index in [-0.39, 0.29) is 5.94 Å². The van der Waals surface area contributed by atoms with Gasteiger partial charge in [-0.25, -0.2) is 0 Å². The van der Waals surface area contributed by atoms with Gasteiger partial charge in [-0.15, -0.1) is 11.3 Å². The molecule has 0 saturated heterocycles. The number of aliphatic hydroxyl groups is 1. The zero-order valence-electron chi connectivity index (χ0n) is 7.97. The highest BCUT2D eigenvalue weighted by Crippen LogP contribution is 2.22. The molecule has 0 amide bonds. The Morgan fingerprint density at radius 1 is 1.62 bits per heavy atom. The van der Waals surface area contributed by atoms with Gasteiger partial charge in [-0.1, -0.05) is 6.07 Å². The molecular weight excluding hydrogens is 181 g/mol. The van der Waals surface area contributed by atoms with Crippen molar-refractivity contribution in [1.29, 1.82) is 0 Å². The third-order valence-corrected chi connectivity index (χ3v) is 2.97. The van der Waals surface area contributed by atoms with Crippen molar-refractivity contribution in [3.8, 4) is 0 Å². The lowest BCUT2D eigenvalue weighted by Gasteiger charge is -2.22. The van der Waals surface area contributed by atoms with Crippen molar-refractivity contribution in [2.45, 2.75) is 18.5 Å². The van der Waals surface area contributed by atoms with Crippen LogP contribution >= 0.6 is 11.3 Å². The molecule has 2 nitrogen and oxygen atoms in total. The average molecular weight is 195 g/mol. The molecule has 2 unspecified atom stereocenters. The van der Waals surface area contributed by atoms with Crippen molar-refractivity contribution in [3.63, 3.8) is 0 Å². The van der Waals surface area contributed by atoms with Crippen LogP contribution in [0.1, 0.15) is 17.4 Å². The van der Waals surface area contributed by atoms with Gasteiger partial charge in [0.1, 0.15) is 0 Å². The van der Waals surface area contributed by atoms with Crippen LogP contribution in [0.15, 0.2) is 17.5 Å². The van der Waals surface area contributed by atoms with Crippen molar-refractivity contribution >= 4 is 19.2 Å². The molecule has 0 aliphatic rings. The summed E-state index contributed by atoms with van der Waals surface area (Å²) in [6, 6.07) is 3.86. The van der Waals surface area contributed by atoms with Gasteiger partial charge in [-0.2, -0.15) is 0 Å². The van der Waals surface area contributed by atoms with Gasteiger partial charge in [0, 0.05) is 4.88 Å².